The predicted octanol–water partition coefficient (Wildman–Crippen LogP) is 0.555. The molecule has 0 aliphatic heterocycles. The molecule has 1 aromatic heterocycles. The van der Waals surface area contributed by atoms with E-state index >= 15 is 0 Å². The average molecular weight is 176 g/mol. The summed E-state index contributed by atoms with van der Waals surface area (Å²) in [5.74, 6) is 0.515. The first-order chi connectivity index (χ1) is 6.29. The number of phenols is 1. The SMILES string of the molecule is Nc1cnnn1-c1ccccc1O. The number of nitrogen functional groups attached to an aromatic ring is 1. The number of nitrogens with two attached hydrogens (primary N) is 1. The van der Waals surface area contributed by atoms with E-state index in [0.717, 1.165) is 0 Å². The molecule has 1 heterocycles. The van der Waals surface area contributed by atoms with E-state index in [0.29, 0.717) is 11.5 Å². The molecular weight excluding hydrogens is 168 g/mol. The number of para-hydroxylation sites is 2. The molecule has 0 spiro atoms. The van der Waals surface area contributed by atoms with Crippen molar-refractivity contribution in [1.29, 1.82) is 0 Å². The van der Waals surface area contributed by atoms with Crippen LogP contribution in [0.15, 0.2) is 30.5 Å². The largest absolute Gasteiger partial charge is 0.506 e. The van der Waals surface area contributed by atoms with Crippen molar-refractivity contribution < 1.29 is 5.11 Å². The summed E-state index contributed by atoms with van der Waals surface area (Å²) in [6, 6.07) is 6.79. The maximum atomic E-state index is 9.46. The summed E-state index contributed by atoms with van der Waals surface area (Å²) >= 11 is 0. The molecule has 66 valence electrons. The predicted molar refractivity (Wildman–Crippen MR) is 47.4 cm³/mol. The molecule has 0 aliphatic carbocycles. The molecule has 5 nitrogen and oxygen atoms in total. The monoisotopic (exact) mass is 176 g/mol. The van der Waals surface area contributed by atoms with Gasteiger partial charge in [-0.25, -0.2) is 0 Å². The molecule has 0 amide bonds. The Hall–Kier alpha value is -2.04. The maximum absolute atomic E-state index is 9.46. The normalized spacial score (nSPS) is 10.2. The minimum absolute atomic E-state index is 0.125. The van der Waals surface area contributed by atoms with E-state index in [-0.39, 0.29) is 5.75 Å². The Balaban J connectivity index is 2.59. The Labute approximate surface area is 74.4 Å². The van der Waals surface area contributed by atoms with Crippen molar-refractivity contribution in [3.05, 3.63) is 30.5 Å². The lowest BCUT2D eigenvalue weighted by molar-refractivity contribution is 0.470. The molecule has 5 heteroatoms. The third-order valence-electron chi connectivity index (χ3n) is 1.69. The van der Waals surface area contributed by atoms with Crippen molar-refractivity contribution in [1.82, 2.24) is 15.0 Å². The van der Waals surface area contributed by atoms with E-state index in [9.17, 15) is 5.11 Å². The average Bonchev–Trinajstić information content (AvgIpc) is 2.52. The van der Waals surface area contributed by atoms with Gasteiger partial charge in [0.05, 0.1) is 6.20 Å². The number of nitrogens with zero attached hydrogens (tertiary/aromatic N) is 3. The molecule has 0 radical (unpaired) electrons. The zero-order chi connectivity index (χ0) is 9.26. The Kier molecular flexibility index (Phi) is 1.63. The van der Waals surface area contributed by atoms with Gasteiger partial charge >= 0.3 is 0 Å². The Morgan fingerprint density at radius 3 is 2.69 bits per heavy atom. The second kappa shape index (κ2) is 2.78. The van der Waals surface area contributed by atoms with Crippen molar-refractivity contribution in [2.45, 2.75) is 0 Å². The third kappa shape index (κ3) is 1.20. The van der Waals surface area contributed by atoms with Gasteiger partial charge in [-0.15, -0.1) is 5.10 Å². The summed E-state index contributed by atoms with van der Waals surface area (Å²) in [7, 11) is 0. The molecule has 13 heavy (non-hydrogen) atoms. The summed E-state index contributed by atoms with van der Waals surface area (Å²) in [6.45, 7) is 0. The van der Waals surface area contributed by atoms with Crippen LogP contribution >= 0.6 is 0 Å². The fraction of sp³-hybridized carbons (Fsp3) is 0. The van der Waals surface area contributed by atoms with Gasteiger partial charge < -0.3 is 10.8 Å². The van der Waals surface area contributed by atoms with Gasteiger partial charge in [-0.05, 0) is 12.1 Å². The highest BCUT2D eigenvalue weighted by Crippen LogP contribution is 2.21. The van der Waals surface area contributed by atoms with Crippen molar-refractivity contribution in [3.8, 4) is 11.4 Å². The van der Waals surface area contributed by atoms with Gasteiger partial charge in [0.2, 0.25) is 0 Å². The Bertz CT molecular complexity index is 424. The van der Waals surface area contributed by atoms with Crippen LogP contribution in [0.2, 0.25) is 0 Å². The summed E-state index contributed by atoms with van der Waals surface area (Å²) in [5.41, 5.74) is 6.09. The molecule has 1 aromatic carbocycles. The van der Waals surface area contributed by atoms with Gasteiger partial charge in [0.1, 0.15) is 17.3 Å². The molecule has 0 aliphatic rings. The van der Waals surface area contributed by atoms with Gasteiger partial charge in [0.25, 0.3) is 0 Å². The maximum Gasteiger partial charge on any atom is 0.147 e. The fourth-order valence-corrected chi connectivity index (χ4v) is 1.07. The van der Waals surface area contributed by atoms with Crippen LogP contribution in [0.1, 0.15) is 0 Å². The zero-order valence-electron chi connectivity index (χ0n) is 6.75. The number of anilines is 1. The smallest absolute Gasteiger partial charge is 0.147 e. The lowest BCUT2D eigenvalue weighted by Crippen LogP contribution is -2.01. The summed E-state index contributed by atoms with van der Waals surface area (Å²) in [4.78, 5) is 0. The molecule has 2 rings (SSSR count). The van der Waals surface area contributed by atoms with Gasteiger partial charge in [0.15, 0.2) is 0 Å². The van der Waals surface area contributed by atoms with Crippen LogP contribution in [0.25, 0.3) is 5.69 Å². The number of hydrogen-bond acceptors (Lipinski definition) is 4. The first kappa shape index (κ1) is 7.60. The van der Waals surface area contributed by atoms with Crippen LogP contribution < -0.4 is 5.73 Å². The number of phenolic OH excluding ortho intramolecular Hbond substituents is 1. The van der Waals surface area contributed by atoms with Gasteiger partial charge in [-0.1, -0.05) is 17.3 Å². The molecule has 0 saturated carbocycles. The van der Waals surface area contributed by atoms with Gasteiger partial charge in [0, 0.05) is 0 Å². The molecule has 3 N–H and O–H groups in total. The minimum Gasteiger partial charge on any atom is -0.506 e. The van der Waals surface area contributed by atoms with Crippen molar-refractivity contribution >= 4 is 5.82 Å². The number of aromatic hydroxyl groups is 1. The summed E-state index contributed by atoms with van der Waals surface area (Å²) < 4.78 is 1.37. The summed E-state index contributed by atoms with van der Waals surface area (Å²) in [6.07, 6.45) is 1.42. The molecule has 0 bridgehead atoms. The highest BCUT2D eigenvalue weighted by Gasteiger charge is 2.05. The quantitative estimate of drug-likeness (QED) is 0.665. The van der Waals surface area contributed by atoms with Crippen molar-refractivity contribution in [2.75, 3.05) is 5.73 Å². The summed E-state index contributed by atoms with van der Waals surface area (Å²) in [5, 5.41) is 16.8. The van der Waals surface area contributed by atoms with E-state index in [1.54, 1.807) is 24.3 Å². The molecule has 0 atom stereocenters. The highest BCUT2D eigenvalue weighted by atomic mass is 16.3. The topological polar surface area (TPSA) is 77.0 Å². The Morgan fingerprint density at radius 2 is 2.08 bits per heavy atom. The van der Waals surface area contributed by atoms with Crippen LogP contribution in [0.4, 0.5) is 5.82 Å². The number of aromatic nitrogens is 3. The lowest BCUT2D eigenvalue weighted by atomic mass is 10.3. The van der Waals surface area contributed by atoms with Crippen molar-refractivity contribution in [3.63, 3.8) is 0 Å². The first-order valence-electron chi connectivity index (χ1n) is 3.73. The first-order valence-corrected chi connectivity index (χ1v) is 3.73. The standard InChI is InChI=1S/C8H8N4O/c9-8-5-10-11-12(8)6-3-1-2-4-7(6)13/h1-5,13H,9H2. The van der Waals surface area contributed by atoms with E-state index in [1.807, 2.05) is 0 Å². The van der Waals surface area contributed by atoms with Crippen LogP contribution in [0.3, 0.4) is 0 Å². The van der Waals surface area contributed by atoms with E-state index < -0.39 is 0 Å². The molecule has 0 fully saturated rings. The number of hydrogen-bond donors (Lipinski definition) is 2. The third-order valence-corrected chi connectivity index (χ3v) is 1.69. The molecular formula is C8H8N4O. The van der Waals surface area contributed by atoms with E-state index in [4.69, 9.17) is 5.73 Å². The van der Waals surface area contributed by atoms with Crippen LogP contribution in [0.5, 0.6) is 5.75 Å². The lowest BCUT2D eigenvalue weighted by Gasteiger charge is -2.03. The second-order valence-corrected chi connectivity index (χ2v) is 2.56. The van der Waals surface area contributed by atoms with E-state index in [2.05, 4.69) is 10.3 Å². The molecule has 0 saturated heterocycles. The number of rotatable bonds is 1. The Morgan fingerprint density at radius 1 is 1.31 bits per heavy atom. The van der Waals surface area contributed by atoms with Gasteiger partial charge in [-0.2, -0.15) is 4.68 Å². The second-order valence-electron chi connectivity index (χ2n) is 2.56. The highest BCUT2D eigenvalue weighted by molar-refractivity contribution is 5.48. The zero-order valence-corrected chi connectivity index (χ0v) is 6.75. The van der Waals surface area contributed by atoms with Crippen LogP contribution in [-0.4, -0.2) is 20.1 Å². The fourth-order valence-electron chi connectivity index (χ4n) is 1.07. The van der Waals surface area contributed by atoms with Crippen LogP contribution in [0, 0.1) is 0 Å². The number of benzene rings is 1. The van der Waals surface area contributed by atoms with Crippen molar-refractivity contribution in [2.24, 2.45) is 0 Å². The van der Waals surface area contributed by atoms with Crippen LogP contribution in [-0.2, 0) is 0 Å². The molecule has 2 aromatic rings. The molecule has 0 unspecified atom stereocenters. The van der Waals surface area contributed by atoms with Gasteiger partial charge in [-0.3, -0.25) is 0 Å². The minimum atomic E-state index is 0.125. The van der Waals surface area contributed by atoms with E-state index in [1.165, 1.54) is 10.9 Å².